The number of carbonyl (C=O) groups excluding carboxylic acids is 4. The Bertz CT molecular complexity index is 1340. The van der Waals surface area contributed by atoms with Crippen molar-refractivity contribution < 1.29 is 38.1 Å². The highest BCUT2D eigenvalue weighted by atomic mass is 16.6. The second kappa shape index (κ2) is 14.2. The molecule has 2 amide bonds. The fraction of sp³-hybridized carbons (Fsp3) is 0.438. The Morgan fingerprint density at radius 3 is 1.34 bits per heavy atom. The van der Waals surface area contributed by atoms with E-state index in [-0.39, 0.29) is 23.6 Å². The van der Waals surface area contributed by atoms with Gasteiger partial charge < -0.3 is 28.7 Å². The first-order valence-corrected chi connectivity index (χ1v) is 14.0. The number of pyridine rings is 2. The molecule has 0 atom stereocenters. The van der Waals surface area contributed by atoms with E-state index in [9.17, 15) is 19.2 Å². The molecule has 0 aliphatic carbocycles. The smallest absolute Gasteiger partial charge is 0.410 e. The van der Waals surface area contributed by atoms with Gasteiger partial charge in [-0.25, -0.2) is 29.1 Å². The second-order valence-corrected chi connectivity index (χ2v) is 12.0. The highest BCUT2D eigenvalue weighted by Crippen LogP contribution is 2.24. The SMILES string of the molecule is COC(=O)c1cc(C2=CCN(C(=O)OC(C)(C)C)C2)ccn1.COC(=O)c1cc(C2=CCN(C(=O)OC(C)(C)C)C2)ccn1. The van der Waals surface area contributed by atoms with E-state index in [0.29, 0.717) is 26.2 Å². The lowest BCUT2D eigenvalue weighted by atomic mass is 10.1. The molecule has 4 rings (SSSR count). The minimum atomic E-state index is -0.519. The number of ether oxygens (including phenoxy) is 4. The molecule has 0 aromatic carbocycles. The molecule has 0 fully saturated rings. The van der Waals surface area contributed by atoms with Gasteiger partial charge in [-0.2, -0.15) is 0 Å². The molecule has 2 aliphatic heterocycles. The average molecular weight is 609 g/mol. The van der Waals surface area contributed by atoms with Crippen LogP contribution in [0.3, 0.4) is 0 Å². The van der Waals surface area contributed by atoms with Gasteiger partial charge in [-0.3, -0.25) is 0 Å². The zero-order valence-electron chi connectivity index (χ0n) is 26.5. The first kappa shape index (κ1) is 33.8. The fourth-order valence-corrected chi connectivity index (χ4v) is 4.15. The summed E-state index contributed by atoms with van der Waals surface area (Å²) in [5.41, 5.74) is 3.07. The molecule has 0 radical (unpaired) electrons. The molecule has 0 bridgehead atoms. The molecule has 236 valence electrons. The molecule has 0 saturated heterocycles. The van der Waals surface area contributed by atoms with Crippen LogP contribution in [0.2, 0.25) is 0 Å². The standard InChI is InChI=1S/2C16H20N2O4/c2*1-16(2,3)22-15(20)18-8-6-12(10-18)11-5-7-17-13(9-11)14(19)21-4/h2*5-7,9H,8,10H2,1-4H3. The number of hydrogen-bond donors (Lipinski definition) is 0. The van der Waals surface area contributed by atoms with Gasteiger partial charge in [0.05, 0.1) is 14.2 Å². The van der Waals surface area contributed by atoms with E-state index in [1.165, 1.54) is 14.2 Å². The number of rotatable bonds is 4. The quantitative estimate of drug-likeness (QED) is 0.344. The highest BCUT2D eigenvalue weighted by molar-refractivity contribution is 5.89. The van der Waals surface area contributed by atoms with E-state index in [4.69, 9.17) is 9.47 Å². The van der Waals surface area contributed by atoms with Gasteiger partial charge in [0.2, 0.25) is 0 Å². The van der Waals surface area contributed by atoms with Crippen LogP contribution in [0.25, 0.3) is 11.1 Å². The maximum absolute atomic E-state index is 12.0. The largest absolute Gasteiger partial charge is 0.464 e. The van der Waals surface area contributed by atoms with Gasteiger partial charge >= 0.3 is 24.1 Å². The van der Waals surface area contributed by atoms with Gasteiger partial charge in [-0.15, -0.1) is 0 Å². The molecular formula is C32H40N4O8. The van der Waals surface area contributed by atoms with E-state index in [2.05, 4.69) is 19.4 Å². The number of carbonyl (C=O) groups is 4. The summed E-state index contributed by atoms with van der Waals surface area (Å²) >= 11 is 0. The van der Waals surface area contributed by atoms with Crippen LogP contribution in [0.5, 0.6) is 0 Å². The molecule has 0 unspecified atom stereocenters. The fourth-order valence-electron chi connectivity index (χ4n) is 4.15. The summed E-state index contributed by atoms with van der Waals surface area (Å²) in [6.07, 6.45) is 6.31. The lowest BCUT2D eigenvalue weighted by Gasteiger charge is -2.24. The monoisotopic (exact) mass is 608 g/mol. The van der Waals surface area contributed by atoms with Crippen LogP contribution in [0.1, 0.15) is 73.6 Å². The van der Waals surface area contributed by atoms with Gasteiger partial charge in [0.15, 0.2) is 0 Å². The molecule has 2 aliphatic rings. The van der Waals surface area contributed by atoms with Crippen LogP contribution in [-0.2, 0) is 18.9 Å². The summed E-state index contributed by atoms with van der Waals surface area (Å²) in [6.45, 7) is 12.9. The Hall–Kier alpha value is -4.74. The maximum Gasteiger partial charge on any atom is 0.410 e. The average Bonchev–Trinajstić information content (AvgIpc) is 3.66. The van der Waals surface area contributed by atoms with Crippen LogP contribution in [0, 0.1) is 0 Å². The number of amides is 2. The number of hydrogen-bond acceptors (Lipinski definition) is 10. The van der Waals surface area contributed by atoms with Crippen LogP contribution < -0.4 is 0 Å². The van der Waals surface area contributed by atoms with Crippen LogP contribution >= 0.6 is 0 Å². The summed E-state index contributed by atoms with van der Waals surface area (Å²) in [7, 11) is 2.63. The Balaban J connectivity index is 0.000000240. The van der Waals surface area contributed by atoms with Crippen LogP contribution in [0.4, 0.5) is 9.59 Å². The predicted octanol–water partition coefficient (Wildman–Crippen LogP) is 5.00. The van der Waals surface area contributed by atoms with E-state index < -0.39 is 23.1 Å². The van der Waals surface area contributed by atoms with E-state index in [1.54, 1.807) is 46.5 Å². The number of methoxy groups -OCH3 is 2. The minimum absolute atomic E-state index is 0.247. The molecule has 0 spiro atoms. The topological polar surface area (TPSA) is 137 Å². The van der Waals surface area contributed by atoms with Crippen molar-refractivity contribution in [3.63, 3.8) is 0 Å². The van der Waals surface area contributed by atoms with Gasteiger partial charge in [-0.05, 0) is 88.1 Å². The van der Waals surface area contributed by atoms with Crippen molar-refractivity contribution in [3.8, 4) is 0 Å². The third kappa shape index (κ3) is 9.65. The van der Waals surface area contributed by atoms with Gasteiger partial charge in [0.25, 0.3) is 0 Å². The lowest BCUT2D eigenvalue weighted by Crippen LogP contribution is -2.35. The molecular weight excluding hydrogens is 568 g/mol. The van der Waals surface area contributed by atoms with Crippen molar-refractivity contribution in [3.05, 3.63) is 71.3 Å². The summed E-state index contributed by atoms with van der Waals surface area (Å²) in [6, 6.07) is 6.93. The Labute approximate surface area is 257 Å². The van der Waals surface area contributed by atoms with Crippen LogP contribution in [-0.4, -0.2) is 95.5 Å². The Kier molecular flexibility index (Phi) is 10.9. The molecule has 0 saturated carbocycles. The van der Waals surface area contributed by atoms with Crippen molar-refractivity contribution >= 4 is 35.3 Å². The van der Waals surface area contributed by atoms with Gasteiger partial charge in [0.1, 0.15) is 22.6 Å². The predicted molar refractivity (Wildman–Crippen MR) is 163 cm³/mol. The summed E-state index contributed by atoms with van der Waals surface area (Å²) in [5.74, 6) is -0.964. The minimum Gasteiger partial charge on any atom is -0.464 e. The molecule has 12 nitrogen and oxygen atoms in total. The zero-order chi connectivity index (χ0) is 32.7. The third-order valence-corrected chi connectivity index (χ3v) is 6.19. The molecule has 2 aromatic heterocycles. The number of nitrogens with zero attached hydrogens (tertiary/aromatic N) is 4. The highest BCUT2D eigenvalue weighted by Gasteiger charge is 2.27. The normalized spacial score (nSPS) is 14.5. The first-order chi connectivity index (χ1) is 20.6. The summed E-state index contributed by atoms with van der Waals surface area (Å²) < 4.78 is 20.0. The van der Waals surface area contributed by atoms with E-state index >= 15 is 0 Å². The maximum atomic E-state index is 12.0. The first-order valence-electron chi connectivity index (χ1n) is 14.0. The lowest BCUT2D eigenvalue weighted by molar-refractivity contribution is 0.0295. The summed E-state index contributed by atoms with van der Waals surface area (Å²) in [5, 5.41) is 0. The molecule has 0 N–H and O–H groups in total. The van der Waals surface area contributed by atoms with E-state index in [1.807, 2.05) is 53.7 Å². The Morgan fingerprint density at radius 1 is 0.659 bits per heavy atom. The van der Waals surface area contributed by atoms with Crippen molar-refractivity contribution in [2.75, 3.05) is 40.4 Å². The van der Waals surface area contributed by atoms with Crippen molar-refractivity contribution in [1.82, 2.24) is 19.8 Å². The number of aromatic nitrogens is 2. The third-order valence-electron chi connectivity index (χ3n) is 6.19. The summed E-state index contributed by atoms with van der Waals surface area (Å²) in [4.78, 5) is 58.3. The molecule has 2 aromatic rings. The van der Waals surface area contributed by atoms with Crippen molar-refractivity contribution in [2.45, 2.75) is 52.7 Å². The molecule has 44 heavy (non-hydrogen) atoms. The Morgan fingerprint density at radius 2 is 1.02 bits per heavy atom. The van der Waals surface area contributed by atoms with Gasteiger partial charge in [0, 0.05) is 38.6 Å². The van der Waals surface area contributed by atoms with E-state index in [0.717, 1.165) is 22.3 Å². The molecule has 4 heterocycles. The molecule has 12 heteroatoms. The van der Waals surface area contributed by atoms with Crippen molar-refractivity contribution in [1.29, 1.82) is 0 Å². The zero-order valence-corrected chi connectivity index (χ0v) is 26.5. The van der Waals surface area contributed by atoms with Crippen LogP contribution in [0.15, 0.2) is 48.8 Å². The second-order valence-electron chi connectivity index (χ2n) is 12.0. The van der Waals surface area contributed by atoms with Crippen molar-refractivity contribution in [2.24, 2.45) is 0 Å². The van der Waals surface area contributed by atoms with Gasteiger partial charge in [-0.1, -0.05) is 12.2 Å². The number of esters is 2.